The number of carbonyl (C=O) groups is 1. The first-order chi connectivity index (χ1) is 8.87. The molecule has 1 aromatic carbocycles. The highest BCUT2D eigenvalue weighted by molar-refractivity contribution is 7.99. The second-order valence-corrected chi connectivity index (χ2v) is 5.79. The van der Waals surface area contributed by atoms with Crippen molar-refractivity contribution in [1.82, 2.24) is 0 Å². The van der Waals surface area contributed by atoms with Crippen molar-refractivity contribution in [1.29, 1.82) is 0 Å². The summed E-state index contributed by atoms with van der Waals surface area (Å²) < 4.78 is 39.5. The van der Waals surface area contributed by atoms with Gasteiger partial charge in [-0.1, -0.05) is 0 Å². The Morgan fingerprint density at radius 3 is 2.79 bits per heavy atom. The van der Waals surface area contributed by atoms with E-state index in [1.807, 2.05) is 0 Å². The molecule has 0 aromatic heterocycles. The van der Waals surface area contributed by atoms with Gasteiger partial charge in [0.2, 0.25) is 5.92 Å². The standard InChI is InChI=1S/C13H13F3O2S/c14-10-2-1-9(12(17)18)5-11(10)19-7-8-3-4-13(15,16)6-8/h1-2,5,8H,3-4,6-7H2,(H,17,18). The number of benzene rings is 1. The number of carboxylic acids is 1. The molecule has 2 nitrogen and oxygen atoms in total. The van der Waals surface area contributed by atoms with Gasteiger partial charge in [0.25, 0.3) is 0 Å². The molecule has 0 radical (unpaired) electrons. The van der Waals surface area contributed by atoms with Gasteiger partial charge in [-0.3, -0.25) is 0 Å². The molecular weight excluding hydrogens is 277 g/mol. The molecule has 1 aliphatic carbocycles. The topological polar surface area (TPSA) is 37.3 Å². The maximum absolute atomic E-state index is 13.5. The van der Waals surface area contributed by atoms with E-state index in [9.17, 15) is 18.0 Å². The molecule has 0 saturated heterocycles. The van der Waals surface area contributed by atoms with Gasteiger partial charge in [0.15, 0.2) is 0 Å². The Morgan fingerprint density at radius 2 is 2.21 bits per heavy atom. The quantitative estimate of drug-likeness (QED) is 0.850. The molecule has 1 atom stereocenters. The summed E-state index contributed by atoms with van der Waals surface area (Å²) in [5, 5.41) is 8.82. The molecule has 1 unspecified atom stereocenters. The van der Waals surface area contributed by atoms with Crippen LogP contribution in [0, 0.1) is 11.7 Å². The van der Waals surface area contributed by atoms with Crippen molar-refractivity contribution in [3.05, 3.63) is 29.6 Å². The lowest BCUT2D eigenvalue weighted by molar-refractivity contribution is 0.00595. The number of hydrogen-bond acceptors (Lipinski definition) is 2. The second-order valence-electron chi connectivity index (χ2n) is 4.73. The molecule has 1 N–H and O–H groups in total. The highest BCUT2D eigenvalue weighted by Gasteiger charge is 2.39. The predicted octanol–water partition coefficient (Wildman–Crippen LogP) is 4.05. The summed E-state index contributed by atoms with van der Waals surface area (Å²) in [6, 6.07) is 3.52. The van der Waals surface area contributed by atoms with Crippen LogP contribution >= 0.6 is 11.8 Å². The molecule has 1 fully saturated rings. The lowest BCUT2D eigenvalue weighted by atomic mass is 10.1. The minimum atomic E-state index is -2.60. The molecule has 19 heavy (non-hydrogen) atoms. The lowest BCUT2D eigenvalue weighted by Crippen LogP contribution is -2.10. The molecule has 0 heterocycles. The third kappa shape index (κ3) is 3.65. The van der Waals surface area contributed by atoms with E-state index in [0.29, 0.717) is 12.2 Å². The molecule has 2 rings (SSSR count). The first-order valence-corrected chi connectivity index (χ1v) is 6.89. The van der Waals surface area contributed by atoms with Crippen molar-refractivity contribution in [2.45, 2.75) is 30.1 Å². The van der Waals surface area contributed by atoms with Crippen LogP contribution in [0.25, 0.3) is 0 Å². The number of alkyl halides is 2. The predicted molar refractivity (Wildman–Crippen MR) is 66.4 cm³/mol. The second kappa shape index (κ2) is 5.45. The first kappa shape index (κ1) is 14.2. The fourth-order valence-corrected chi connectivity index (χ4v) is 3.25. The SMILES string of the molecule is O=C(O)c1ccc(F)c(SCC2CCC(F)(F)C2)c1. The normalized spacial score (nSPS) is 21.5. The maximum atomic E-state index is 13.5. The largest absolute Gasteiger partial charge is 0.478 e. The number of thioether (sulfide) groups is 1. The highest BCUT2D eigenvalue weighted by Crippen LogP contribution is 2.41. The molecule has 104 valence electrons. The van der Waals surface area contributed by atoms with Crippen LogP contribution in [0.1, 0.15) is 29.6 Å². The zero-order valence-electron chi connectivity index (χ0n) is 10.0. The number of halogens is 3. The van der Waals surface area contributed by atoms with Gasteiger partial charge in [-0.2, -0.15) is 0 Å². The molecular formula is C13H13F3O2S. The fourth-order valence-electron chi connectivity index (χ4n) is 2.14. The van der Waals surface area contributed by atoms with Crippen LogP contribution in [0.4, 0.5) is 13.2 Å². The van der Waals surface area contributed by atoms with Gasteiger partial charge < -0.3 is 5.11 Å². The van der Waals surface area contributed by atoms with Crippen LogP contribution in [0.5, 0.6) is 0 Å². The zero-order valence-corrected chi connectivity index (χ0v) is 10.9. The van der Waals surface area contributed by atoms with E-state index in [1.54, 1.807) is 0 Å². The zero-order chi connectivity index (χ0) is 14.0. The van der Waals surface area contributed by atoms with Crippen molar-refractivity contribution in [3.8, 4) is 0 Å². The molecule has 1 aliphatic rings. The molecule has 1 saturated carbocycles. The summed E-state index contributed by atoms with van der Waals surface area (Å²) in [5.74, 6) is -4.01. The maximum Gasteiger partial charge on any atom is 0.335 e. The monoisotopic (exact) mass is 290 g/mol. The molecule has 0 amide bonds. The summed E-state index contributed by atoms with van der Waals surface area (Å²) in [6.45, 7) is 0. The Morgan fingerprint density at radius 1 is 1.47 bits per heavy atom. The van der Waals surface area contributed by atoms with E-state index in [1.165, 1.54) is 12.1 Å². The Balaban J connectivity index is 2.00. The number of aromatic carboxylic acids is 1. The van der Waals surface area contributed by atoms with Crippen LogP contribution in [0.2, 0.25) is 0 Å². The van der Waals surface area contributed by atoms with Gasteiger partial charge in [-0.25, -0.2) is 18.0 Å². The van der Waals surface area contributed by atoms with E-state index in [4.69, 9.17) is 5.11 Å². The summed E-state index contributed by atoms with van der Waals surface area (Å²) >= 11 is 1.10. The Hall–Kier alpha value is -1.17. The van der Waals surface area contributed by atoms with E-state index in [0.717, 1.165) is 17.8 Å². The summed E-state index contributed by atoms with van der Waals surface area (Å²) in [4.78, 5) is 11.0. The Bertz CT molecular complexity index is 491. The van der Waals surface area contributed by atoms with Crippen molar-refractivity contribution >= 4 is 17.7 Å². The number of carboxylic acid groups (broad SMARTS) is 1. The van der Waals surface area contributed by atoms with Gasteiger partial charge in [0.1, 0.15) is 5.82 Å². The smallest absolute Gasteiger partial charge is 0.335 e. The minimum Gasteiger partial charge on any atom is -0.478 e. The van der Waals surface area contributed by atoms with Gasteiger partial charge in [-0.05, 0) is 30.5 Å². The van der Waals surface area contributed by atoms with E-state index < -0.39 is 17.7 Å². The average molecular weight is 290 g/mol. The van der Waals surface area contributed by atoms with E-state index in [-0.39, 0.29) is 29.2 Å². The third-order valence-electron chi connectivity index (χ3n) is 3.16. The van der Waals surface area contributed by atoms with E-state index >= 15 is 0 Å². The van der Waals surface area contributed by atoms with Gasteiger partial charge in [0.05, 0.1) is 5.56 Å². The Kier molecular flexibility index (Phi) is 4.08. The molecule has 0 bridgehead atoms. The number of hydrogen-bond donors (Lipinski definition) is 1. The van der Waals surface area contributed by atoms with E-state index in [2.05, 4.69) is 0 Å². The molecule has 0 spiro atoms. The minimum absolute atomic E-state index is 0.000604. The van der Waals surface area contributed by atoms with Crippen LogP contribution in [0.15, 0.2) is 23.1 Å². The summed E-state index contributed by atoms with van der Waals surface area (Å²) in [7, 11) is 0. The van der Waals surface area contributed by atoms with Crippen LogP contribution in [-0.4, -0.2) is 22.8 Å². The fraction of sp³-hybridized carbons (Fsp3) is 0.462. The molecule has 6 heteroatoms. The lowest BCUT2D eigenvalue weighted by Gasteiger charge is -2.11. The highest BCUT2D eigenvalue weighted by atomic mass is 32.2. The average Bonchev–Trinajstić information content (AvgIpc) is 2.67. The third-order valence-corrected chi connectivity index (χ3v) is 4.42. The number of rotatable bonds is 4. The van der Waals surface area contributed by atoms with Gasteiger partial charge in [-0.15, -0.1) is 11.8 Å². The van der Waals surface area contributed by atoms with Gasteiger partial charge >= 0.3 is 5.97 Å². The summed E-state index contributed by atoms with van der Waals surface area (Å²) in [6.07, 6.45) is 0.149. The van der Waals surface area contributed by atoms with Crippen LogP contribution in [0.3, 0.4) is 0 Å². The first-order valence-electron chi connectivity index (χ1n) is 5.91. The van der Waals surface area contributed by atoms with Crippen molar-refractivity contribution in [2.24, 2.45) is 5.92 Å². The summed E-state index contributed by atoms with van der Waals surface area (Å²) in [5.41, 5.74) is 0.000604. The Labute approximate surface area is 113 Å². The van der Waals surface area contributed by atoms with Crippen LogP contribution in [-0.2, 0) is 0 Å². The molecule has 0 aliphatic heterocycles. The van der Waals surface area contributed by atoms with Crippen molar-refractivity contribution in [3.63, 3.8) is 0 Å². The molecule has 1 aromatic rings. The van der Waals surface area contributed by atoms with Crippen LogP contribution < -0.4 is 0 Å². The van der Waals surface area contributed by atoms with Gasteiger partial charge in [0, 0.05) is 23.5 Å². The van der Waals surface area contributed by atoms with Crippen molar-refractivity contribution < 1.29 is 23.1 Å². The van der Waals surface area contributed by atoms with Crippen molar-refractivity contribution in [2.75, 3.05) is 5.75 Å².